The van der Waals surface area contributed by atoms with Gasteiger partial charge in [0.05, 0.1) is 14.9 Å². The van der Waals surface area contributed by atoms with Crippen LogP contribution in [-0.2, 0) is 0 Å². The second-order valence-corrected chi connectivity index (χ2v) is 5.55. The summed E-state index contributed by atoms with van der Waals surface area (Å²) in [4.78, 5) is 9.59. The van der Waals surface area contributed by atoms with E-state index >= 15 is 0 Å². The number of hydrogen-bond acceptors (Lipinski definition) is 5. The lowest BCUT2D eigenvalue weighted by Crippen LogP contribution is -1.79. The highest BCUT2D eigenvalue weighted by Gasteiger charge is 2.09. The van der Waals surface area contributed by atoms with Crippen molar-refractivity contribution >= 4 is 34.3 Å². The van der Waals surface area contributed by atoms with Crippen molar-refractivity contribution in [2.75, 3.05) is 0 Å². The Bertz CT molecular complexity index is 599. The van der Waals surface area contributed by atoms with Crippen molar-refractivity contribution in [1.29, 1.82) is 0 Å². The largest absolute Gasteiger partial charge is 0.257 e. The summed E-state index contributed by atoms with van der Waals surface area (Å²) in [5.74, 6) is 0.693. The molecule has 3 aromatic heterocycles. The third-order valence-electron chi connectivity index (χ3n) is 1.95. The number of thiazole rings is 1. The molecule has 3 heterocycles. The monoisotopic (exact) mass is 268 g/mol. The van der Waals surface area contributed by atoms with Gasteiger partial charge in [-0.3, -0.25) is 5.10 Å². The quantitative estimate of drug-likeness (QED) is 0.776. The Morgan fingerprint density at radius 2 is 2.25 bits per heavy atom. The van der Waals surface area contributed by atoms with Crippen molar-refractivity contribution in [1.82, 2.24) is 20.2 Å². The predicted molar refractivity (Wildman–Crippen MR) is 65.8 cm³/mol. The zero-order valence-electron chi connectivity index (χ0n) is 7.85. The number of nitrogens with one attached hydrogen (secondary N) is 1. The van der Waals surface area contributed by atoms with E-state index < -0.39 is 0 Å². The molecule has 0 aliphatic rings. The van der Waals surface area contributed by atoms with Crippen molar-refractivity contribution in [3.8, 4) is 21.4 Å². The fourth-order valence-electron chi connectivity index (χ4n) is 1.26. The molecule has 16 heavy (non-hydrogen) atoms. The Hall–Kier alpha value is -1.24. The third-order valence-corrected chi connectivity index (χ3v) is 4.05. The number of hydrogen-bond donors (Lipinski definition) is 1. The molecule has 0 amide bonds. The van der Waals surface area contributed by atoms with E-state index in [0.29, 0.717) is 5.82 Å². The van der Waals surface area contributed by atoms with Crippen LogP contribution in [0.25, 0.3) is 21.4 Å². The first kappa shape index (κ1) is 9.95. The number of H-pyrrole nitrogens is 1. The van der Waals surface area contributed by atoms with Gasteiger partial charge in [-0.1, -0.05) is 11.6 Å². The van der Waals surface area contributed by atoms with Gasteiger partial charge in [-0.2, -0.15) is 5.10 Å². The van der Waals surface area contributed by atoms with E-state index in [2.05, 4.69) is 20.2 Å². The van der Waals surface area contributed by atoms with Crippen LogP contribution >= 0.6 is 34.3 Å². The molecule has 0 spiro atoms. The Morgan fingerprint density at radius 1 is 1.31 bits per heavy atom. The van der Waals surface area contributed by atoms with Gasteiger partial charge in [-0.05, 0) is 12.1 Å². The standard InChI is InChI=1S/C9H5ClN4S2/c10-7-2-1-6(16-7)5-3-15-9(13-5)8-11-4-12-14-8/h1-4H,(H,11,12,14). The minimum absolute atomic E-state index is 0.693. The summed E-state index contributed by atoms with van der Waals surface area (Å²) in [7, 11) is 0. The van der Waals surface area contributed by atoms with Crippen LogP contribution in [0.2, 0.25) is 4.34 Å². The van der Waals surface area contributed by atoms with E-state index in [9.17, 15) is 0 Å². The molecule has 0 radical (unpaired) electrons. The Balaban J connectivity index is 2.00. The maximum absolute atomic E-state index is 5.88. The molecule has 0 atom stereocenters. The van der Waals surface area contributed by atoms with Gasteiger partial charge in [0.2, 0.25) is 0 Å². The number of rotatable bonds is 2. The fourth-order valence-corrected chi connectivity index (χ4v) is 3.10. The molecule has 1 N–H and O–H groups in total. The van der Waals surface area contributed by atoms with Crippen LogP contribution in [0, 0.1) is 0 Å². The smallest absolute Gasteiger partial charge is 0.184 e. The molecule has 3 rings (SSSR count). The summed E-state index contributed by atoms with van der Waals surface area (Å²) >= 11 is 8.93. The number of thiophene rings is 1. The Morgan fingerprint density at radius 3 is 2.94 bits per heavy atom. The van der Waals surface area contributed by atoms with Gasteiger partial charge in [0.25, 0.3) is 0 Å². The molecule has 0 saturated carbocycles. The number of aromatic amines is 1. The van der Waals surface area contributed by atoms with E-state index in [-0.39, 0.29) is 0 Å². The average Bonchev–Trinajstić information content (AvgIpc) is 2.97. The number of nitrogens with zero attached hydrogens (tertiary/aromatic N) is 3. The van der Waals surface area contributed by atoms with Crippen LogP contribution in [0.3, 0.4) is 0 Å². The highest BCUT2D eigenvalue weighted by molar-refractivity contribution is 7.19. The molecule has 0 saturated heterocycles. The number of halogens is 1. The lowest BCUT2D eigenvalue weighted by atomic mass is 10.4. The minimum Gasteiger partial charge on any atom is -0.257 e. The molecule has 0 bridgehead atoms. The molecule has 0 unspecified atom stereocenters. The van der Waals surface area contributed by atoms with Crippen LogP contribution in [0.15, 0.2) is 23.8 Å². The van der Waals surface area contributed by atoms with Crippen LogP contribution in [0.4, 0.5) is 0 Å². The minimum atomic E-state index is 0.693. The van der Waals surface area contributed by atoms with E-state index in [1.807, 2.05) is 17.5 Å². The van der Waals surface area contributed by atoms with Gasteiger partial charge in [0, 0.05) is 5.38 Å². The molecule has 0 aromatic carbocycles. The van der Waals surface area contributed by atoms with Gasteiger partial charge >= 0.3 is 0 Å². The van der Waals surface area contributed by atoms with Gasteiger partial charge in [0.15, 0.2) is 10.8 Å². The molecular weight excluding hydrogens is 264 g/mol. The van der Waals surface area contributed by atoms with Crippen LogP contribution in [-0.4, -0.2) is 20.2 Å². The fraction of sp³-hybridized carbons (Fsp3) is 0. The topological polar surface area (TPSA) is 54.5 Å². The normalized spacial score (nSPS) is 10.8. The molecule has 4 nitrogen and oxygen atoms in total. The lowest BCUT2D eigenvalue weighted by molar-refractivity contribution is 1.09. The molecule has 0 fully saturated rings. The summed E-state index contributed by atoms with van der Waals surface area (Å²) in [5.41, 5.74) is 0.924. The second-order valence-electron chi connectivity index (χ2n) is 2.98. The van der Waals surface area contributed by atoms with Crippen LogP contribution in [0.1, 0.15) is 0 Å². The molecule has 0 aliphatic carbocycles. The first-order valence-electron chi connectivity index (χ1n) is 4.40. The molecule has 80 valence electrons. The molecular formula is C9H5ClN4S2. The lowest BCUT2D eigenvalue weighted by Gasteiger charge is -1.87. The van der Waals surface area contributed by atoms with Crippen molar-refractivity contribution in [3.63, 3.8) is 0 Å². The molecule has 3 aromatic rings. The van der Waals surface area contributed by atoms with Crippen LogP contribution in [0.5, 0.6) is 0 Å². The van der Waals surface area contributed by atoms with Crippen molar-refractivity contribution < 1.29 is 0 Å². The molecule has 7 heteroatoms. The maximum Gasteiger partial charge on any atom is 0.184 e. The van der Waals surface area contributed by atoms with Crippen LogP contribution < -0.4 is 0 Å². The van der Waals surface area contributed by atoms with Crippen molar-refractivity contribution in [2.24, 2.45) is 0 Å². The summed E-state index contributed by atoms with van der Waals surface area (Å²) in [6.07, 6.45) is 1.47. The zero-order valence-corrected chi connectivity index (χ0v) is 10.2. The number of aromatic nitrogens is 4. The van der Waals surface area contributed by atoms with E-state index in [1.165, 1.54) is 29.0 Å². The van der Waals surface area contributed by atoms with Gasteiger partial charge < -0.3 is 0 Å². The van der Waals surface area contributed by atoms with Gasteiger partial charge in [0.1, 0.15) is 6.33 Å². The summed E-state index contributed by atoms with van der Waals surface area (Å²) in [6, 6.07) is 3.83. The third kappa shape index (κ3) is 1.75. The average molecular weight is 269 g/mol. The van der Waals surface area contributed by atoms with Crippen molar-refractivity contribution in [2.45, 2.75) is 0 Å². The maximum atomic E-state index is 5.88. The predicted octanol–water partition coefficient (Wildman–Crippen LogP) is 3.31. The first-order chi connectivity index (χ1) is 7.83. The van der Waals surface area contributed by atoms with E-state index in [1.54, 1.807) is 0 Å². The van der Waals surface area contributed by atoms with E-state index in [0.717, 1.165) is 19.9 Å². The highest BCUT2D eigenvalue weighted by Crippen LogP contribution is 2.33. The van der Waals surface area contributed by atoms with Gasteiger partial charge in [-0.15, -0.1) is 22.7 Å². The SMILES string of the molecule is Clc1ccc(-c2csc(-c3ncn[nH]3)n2)s1. The second kappa shape index (κ2) is 3.97. The highest BCUT2D eigenvalue weighted by atomic mass is 35.5. The Labute approximate surface area is 104 Å². The summed E-state index contributed by atoms with van der Waals surface area (Å²) in [6.45, 7) is 0. The van der Waals surface area contributed by atoms with Gasteiger partial charge in [-0.25, -0.2) is 9.97 Å². The molecule has 0 aliphatic heterocycles. The zero-order chi connectivity index (χ0) is 11.0. The summed E-state index contributed by atoms with van der Waals surface area (Å²) < 4.78 is 0.768. The van der Waals surface area contributed by atoms with E-state index in [4.69, 9.17) is 11.6 Å². The first-order valence-corrected chi connectivity index (χ1v) is 6.47. The van der Waals surface area contributed by atoms with Crippen molar-refractivity contribution in [3.05, 3.63) is 28.2 Å². The summed E-state index contributed by atoms with van der Waals surface area (Å²) in [5, 5.41) is 9.40. The Kier molecular flexibility index (Phi) is 2.47.